The van der Waals surface area contributed by atoms with Gasteiger partial charge in [0.1, 0.15) is 0 Å². The summed E-state index contributed by atoms with van der Waals surface area (Å²) in [4.78, 5) is 13.7. The first-order chi connectivity index (χ1) is 10.3. The van der Waals surface area contributed by atoms with Gasteiger partial charge in [0.2, 0.25) is 5.91 Å². The second-order valence-corrected chi connectivity index (χ2v) is 6.38. The molecule has 2 fully saturated rings. The van der Waals surface area contributed by atoms with Crippen molar-refractivity contribution in [2.45, 2.75) is 63.8 Å². The number of hydrogen-bond donors (Lipinski definition) is 1. The SMILES string of the molecule is O=C1CCCN1c1ccc(NC2CCCCCCC2)cc1. The van der Waals surface area contributed by atoms with Crippen molar-refractivity contribution in [3.05, 3.63) is 24.3 Å². The lowest BCUT2D eigenvalue weighted by Crippen LogP contribution is -2.24. The van der Waals surface area contributed by atoms with Crippen molar-refractivity contribution >= 4 is 17.3 Å². The molecule has 1 saturated heterocycles. The van der Waals surface area contributed by atoms with E-state index in [0.717, 1.165) is 18.7 Å². The Labute approximate surface area is 127 Å². The molecule has 1 amide bonds. The van der Waals surface area contributed by atoms with Gasteiger partial charge in [0.15, 0.2) is 0 Å². The van der Waals surface area contributed by atoms with Crippen LogP contribution in [0.2, 0.25) is 0 Å². The molecule has 1 aliphatic heterocycles. The maximum absolute atomic E-state index is 11.8. The smallest absolute Gasteiger partial charge is 0.227 e. The fourth-order valence-electron chi connectivity index (χ4n) is 3.49. The highest BCUT2D eigenvalue weighted by Crippen LogP contribution is 2.25. The van der Waals surface area contributed by atoms with Crippen molar-refractivity contribution in [1.29, 1.82) is 0 Å². The second-order valence-electron chi connectivity index (χ2n) is 6.38. The number of rotatable bonds is 3. The highest BCUT2D eigenvalue weighted by atomic mass is 16.2. The summed E-state index contributed by atoms with van der Waals surface area (Å²) in [5.41, 5.74) is 2.23. The van der Waals surface area contributed by atoms with E-state index in [1.807, 2.05) is 4.90 Å². The topological polar surface area (TPSA) is 32.3 Å². The predicted octanol–water partition coefficient (Wildman–Crippen LogP) is 4.34. The molecule has 3 rings (SSSR count). The largest absolute Gasteiger partial charge is 0.382 e. The normalized spacial score (nSPS) is 21.1. The number of carbonyl (C=O) groups is 1. The fraction of sp³-hybridized carbons (Fsp3) is 0.611. The highest BCUT2D eigenvalue weighted by molar-refractivity contribution is 5.95. The second kappa shape index (κ2) is 6.97. The van der Waals surface area contributed by atoms with E-state index in [1.54, 1.807) is 0 Å². The number of amides is 1. The zero-order valence-electron chi connectivity index (χ0n) is 12.8. The molecule has 114 valence electrons. The van der Waals surface area contributed by atoms with Gasteiger partial charge in [0, 0.05) is 30.4 Å². The van der Waals surface area contributed by atoms with E-state index in [-0.39, 0.29) is 5.91 Å². The van der Waals surface area contributed by atoms with Crippen LogP contribution in [0.5, 0.6) is 0 Å². The average molecular weight is 286 g/mol. The predicted molar refractivity (Wildman–Crippen MR) is 87.8 cm³/mol. The van der Waals surface area contributed by atoms with Gasteiger partial charge in [-0.3, -0.25) is 4.79 Å². The van der Waals surface area contributed by atoms with E-state index in [9.17, 15) is 4.79 Å². The molecule has 0 atom stereocenters. The minimum absolute atomic E-state index is 0.260. The van der Waals surface area contributed by atoms with Crippen LogP contribution < -0.4 is 10.2 Å². The summed E-state index contributed by atoms with van der Waals surface area (Å²) in [6, 6.07) is 9.02. The molecule has 0 unspecified atom stereocenters. The van der Waals surface area contributed by atoms with Crippen molar-refractivity contribution in [1.82, 2.24) is 0 Å². The van der Waals surface area contributed by atoms with Crippen LogP contribution in [0.4, 0.5) is 11.4 Å². The summed E-state index contributed by atoms with van der Waals surface area (Å²) >= 11 is 0. The number of carbonyl (C=O) groups excluding carboxylic acids is 1. The van der Waals surface area contributed by atoms with Crippen molar-refractivity contribution < 1.29 is 4.79 Å². The molecule has 1 aliphatic carbocycles. The van der Waals surface area contributed by atoms with Gasteiger partial charge in [-0.1, -0.05) is 32.1 Å². The van der Waals surface area contributed by atoms with Crippen LogP contribution in [0.25, 0.3) is 0 Å². The van der Waals surface area contributed by atoms with E-state index in [1.165, 1.54) is 50.6 Å². The number of benzene rings is 1. The Morgan fingerprint density at radius 1 is 0.905 bits per heavy atom. The van der Waals surface area contributed by atoms with Gasteiger partial charge in [-0.25, -0.2) is 0 Å². The number of nitrogens with zero attached hydrogens (tertiary/aromatic N) is 1. The van der Waals surface area contributed by atoms with E-state index in [4.69, 9.17) is 0 Å². The molecule has 3 heteroatoms. The number of nitrogens with one attached hydrogen (secondary N) is 1. The Morgan fingerprint density at radius 2 is 1.57 bits per heavy atom. The molecule has 1 heterocycles. The van der Waals surface area contributed by atoms with Gasteiger partial charge >= 0.3 is 0 Å². The van der Waals surface area contributed by atoms with Crippen LogP contribution in [-0.2, 0) is 4.79 Å². The van der Waals surface area contributed by atoms with E-state index >= 15 is 0 Å². The summed E-state index contributed by atoms with van der Waals surface area (Å²) in [5.74, 6) is 0.260. The van der Waals surface area contributed by atoms with Gasteiger partial charge < -0.3 is 10.2 Å². The molecule has 3 nitrogen and oxygen atoms in total. The van der Waals surface area contributed by atoms with Crippen LogP contribution in [0.1, 0.15) is 57.8 Å². The lowest BCUT2D eigenvalue weighted by atomic mass is 9.96. The Hall–Kier alpha value is -1.51. The van der Waals surface area contributed by atoms with Crippen molar-refractivity contribution in [2.24, 2.45) is 0 Å². The summed E-state index contributed by atoms with van der Waals surface area (Å²) in [7, 11) is 0. The first kappa shape index (κ1) is 14.4. The Bertz CT molecular complexity index is 461. The van der Waals surface area contributed by atoms with Crippen LogP contribution in [0.15, 0.2) is 24.3 Å². The van der Waals surface area contributed by atoms with Crippen molar-refractivity contribution in [3.8, 4) is 0 Å². The van der Waals surface area contributed by atoms with Crippen LogP contribution >= 0.6 is 0 Å². The quantitative estimate of drug-likeness (QED) is 0.896. The van der Waals surface area contributed by atoms with Gasteiger partial charge in [-0.2, -0.15) is 0 Å². The monoisotopic (exact) mass is 286 g/mol. The summed E-state index contributed by atoms with van der Waals surface area (Å²) in [6.07, 6.45) is 11.1. The number of anilines is 2. The van der Waals surface area contributed by atoms with E-state index in [2.05, 4.69) is 29.6 Å². The molecule has 0 spiro atoms. The molecular weight excluding hydrogens is 260 g/mol. The van der Waals surface area contributed by atoms with Gasteiger partial charge in [0.05, 0.1) is 0 Å². The van der Waals surface area contributed by atoms with Crippen LogP contribution in [0.3, 0.4) is 0 Å². The van der Waals surface area contributed by atoms with E-state index < -0.39 is 0 Å². The average Bonchev–Trinajstić information content (AvgIpc) is 2.89. The molecule has 2 aliphatic rings. The lowest BCUT2D eigenvalue weighted by Gasteiger charge is -2.23. The molecule has 0 radical (unpaired) electrons. The third kappa shape index (κ3) is 3.78. The van der Waals surface area contributed by atoms with Crippen LogP contribution in [0, 0.1) is 0 Å². The molecule has 1 aromatic rings. The molecule has 1 N–H and O–H groups in total. The molecule has 1 saturated carbocycles. The Balaban J connectivity index is 1.59. The summed E-state index contributed by atoms with van der Waals surface area (Å²) in [5, 5.41) is 3.67. The van der Waals surface area contributed by atoms with Gasteiger partial charge in [-0.15, -0.1) is 0 Å². The minimum Gasteiger partial charge on any atom is -0.382 e. The summed E-state index contributed by atoms with van der Waals surface area (Å²) in [6.45, 7) is 0.869. The van der Waals surface area contributed by atoms with Crippen molar-refractivity contribution in [2.75, 3.05) is 16.8 Å². The lowest BCUT2D eigenvalue weighted by molar-refractivity contribution is -0.117. The third-order valence-electron chi connectivity index (χ3n) is 4.73. The Kier molecular flexibility index (Phi) is 4.79. The zero-order chi connectivity index (χ0) is 14.5. The van der Waals surface area contributed by atoms with Gasteiger partial charge in [-0.05, 0) is 43.5 Å². The maximum atomic E-state index is 11.8. The molecule has 0 bridgehead atoms. The fourth-order valence-corrected chi connectivity index (χ4v) is 3.49. The molecule has 0 aromatic heterocycles. The molecule has 1 aromatic carbocycles. The number of hydrogen-bond acceptors (Lipinski definition) is 2. The highest BCUT2D eigenvalue weighted by Gasteiger charge is 2.21. The van der Waals surface area contributed by atoms with Crippen molar-refractivity contribution in [3.63, 3.8) is 0 Å². The third-order valence-corrected chi connectivity index (χ3v) is 4.73. The van der Waals surface area contributed by atoms with Crippen LogP contribution in [-0.4, -0.2) is 18.5 Å². The first-order valence-electron chi connectivity index (χ1n) is 8.50. The summed E-state index contributed by atoms with van der Waals surface area (Å²) < 4.78 is 0. The maximum Gasteiger partial charge on any atom is 0.227 e. The molecular formula is C18H26N2O. The zero-order valence-corrected chi connectivity index (χ0v) is 12.8. The molecule has 21 heavy (non-hydrogen) atoms. The Morgan fingerprint density at radius 3 is 2.19 bits per heavy atom. The van der Waals surface area contributed by atoms with E-state index in [0.29, 0.717) is 12.5 Å². The minimum atomic E-state index is 0.260. The van der Waals surface area contributed by atoms with Gasteiger partial charge in [0.25, 0.3) is 0 Å². The first-order valence-corrected chi connectivity index (χ1v) is 8.50. The standard InChI is InChI=1S/C18H26N2O/c21-18-9-6-14-20(18)17-12-10-16(11-13-17)19-15-7-4-2-1-3-5-8-15/h10-13,15,19H,1-9,14H2.